The molecule has 0 bridgehead atoms. The number of imidazole rings is 1. The van der Waals surface area contributed by atoms with Crippen LogP contribution in [0, 0.1) is 0 Å². The third kappa shape index (κ3) is 7.56. The second kappa shape index (κ2) is 13.9. The maximum absolute atomic E-state index is 12.7. The normalized spacial score (nSPS) is 19.8. The fourth-order valence-electron chi connectivity index (χ4n) is 6.83. The van der Waals surface area contributed by atoms with Gasteiger partial charge in [-0.25, -0.2) is 4.98 Å². The van der Waals surface area contributed by atoms with Crippen LogP contribution in [0.1, 0.15) is 59.4 Å². The lowest BCUT2D eigenvalue weighted by Gasteiger charge is -2.38. The lowest BCUT2D eigenvalue weighted by Crippen LogP contribution is -2.47. The molecule has 3 aromatic carbocycles. The van der Waals surface area contributed by atoms with E-state index in [4.69, 9.17) is 9.72 Å². The van der Waals surface area contributed by atoms with Gasteiger partial charge in [0.2, 0.25) is 5.91 Å². The van der Waals surface area contributed by atoms with E-state index in [9.17, 15) is 4.79 Å². The predicted molar refractivity (Wildman–Crippen MR) is 189 cm³/mol. The van der Waals surface area contributed by atoms with Gasteiger partial charge in [0.1, 0.15) is 23.7 Å². The molecule has 46 heavy (non-hydrogen) atoms. The van der Waals surface area contributed by atoms with Crippen molar-refractivity contribution in [3.05, 3.63) is 72.3 Å². The second-order valence-corrected chi connectivity index (χ2v) is 14.1. The van der Waals surface area contributed by atoms with Crippen molar-refractivity contribution < 1.29 is 9.53 Å². The van der Waals surface area contributed by atoms with Crippen molar-refractivity contribution in [3.8, 4) is 17.1 Å². The number of nitrogens with one attached hydrogen (secondary N) is 2. The van der Waals surface area contributed by atoms with Gasteiger partial charge in [-0.05, 0) is 74.1 Å². The average molecular weight is 623 g/mol. The maximum atomic E-state index is 12.7. The number of likely N-dealkylation sites (tertiary alicyclic amines) is 1. The van der Waals surface area contributed by atoms with Crippen LogP contribution < -0.4 is 15.0 Å². The van der Waals surface area contributed by atoms with E-state index in [2.05, 4.69) is 102 Å². The number of H-pyrrole nitrogens is 1. The molecular formula is C38H50N6O2. The minimum atomic E-state index is 0.0447. The Morgan fingerprint density at radius 3 is 2.30 bits per heavy atom. The summed E-state index contributed by atoms with van der Waals surface area (Å²) >= 11 is 0. The van der Waals surface area contributed by atoms with Gasteiger partial charge in [-0.15, -0.1) is 0 Å². The van der Waals surface area contributed by atoms with Gasteiger partial charge in [0.25, 0.3) is 0 Å². The SMILES string of the molecule is CC1CCCC(C)N1CC(=O)Nc1ccc(OCCN2CCN(c3cccc4[nH]c(-c5ccc(C(C)(C)C)cc5)nc34)CC2)cc1. The van der Waals surface area contributed by atoms with Crippen LogP contribution in [0.2, 0.25) is 0 Å². The third-order valence-corrected chi connectivity index (χ3v) is 9.75. The van der Waals surface area contributed by atoms with Gasteiger partial charge in [0.15, 0.2) is 0 Å². The van der Waals surface area contributed by atoms with Crippen molar-refractivity contribution in [2.24, 2.45) is 0 Å². The summed E-state index contributed by atoms with van der Waals surface area (Å²) in [6.45, 7) is 17.0. The molecule has 2 atom stereocenters. The Kier molecular flexibility index (Phi) is 9.66. The van der Waals surface area contributed by atoms with Crippen molar-refractivity contribution in [3.63, 3.8) is 0 Å². The summed E-state index contributed by atoms with van der Waals surface area (Å²) in [5, 5.41) is 3.05. The Morgan fingerprint density at radius 2 is 1.63 bits per heavy atom. The van der Waals surface area contributed by atoms with Crippen LogP contribution in [-0.4, -0.2) is 83.6 Å². The van der Waals surface area contributed by atoms with Crippen molar-refractivity contribution in [1.82, 2.24) is 19.8 Å². The molecule has 2 saturated heterocycles. The number of ether oxygens (including phenoxy) is 1. The highest BCUT2D eigenvalue weighted by Crippen LogP contribution is 2.31. The largest absolute Gasteiger partial charge is 0.492 e. The number of para-hydroxylation sites is 1. The number of fused-ring (bicyclic) bond motifs is 1. The first kappa shape index (κ1) is 32.1. The molecule has 3 heterocycles. The number of piperazine rings is 1. The summed E-state index contributed by atoms with van der Waals surface area (Å²) in [5.41, 5.74) is 6.66. The van der Waals surface area contributed by atoms with Gasteiger partial charge in [0.05, 0.1) is 17.7 Å². The molecule has 2 unspecified atom stereocenters. The quantitative estimate of drug-likeness (QED) is 0.211. The van der Waals surface area contributed by atoms with Crippen molar-refractivity contribution in [2.75, 3.05) is 56.1 Å². The number of carbonyl (C=O) groups excluding carboxylic acids is 1. The first-order valence-corrected chi connectivity index (χ1v) is 17.0. The average Bonchev–Trinajstić information content (AvgIpc) is 3.49. The number of benzene rings is 3. The standard InChI is InChI=1S/C38H50N6O2/c1-27-8-6-9-28(2)44(27)26-35(45)39-31-16-18-32(19-17-31)46-25-24-42-20-22-43(23-21-42)34-11-7-10-33-36(34)41-37(40-33)29-12-14-30(15-13-29)38(3,4)5/h7,10-19,27-28H,6,8-9,20-26H2,1-5H3,(H,39,45)(H,40,41). The van der Waals surface area contributed by atoms with Gasteiger partial charge in [0, 0.05) is 56.1 Å². The number of hydrogen-bond acceptors (Lipinski definition) is 6. The Morgan fingerprint density at radius 1 is 0.935 bits per heavy atom. The molecule has 0 radical (unpaired) electrons. The number of carbonyl (C=O) groups is 1. The molecule has 2 aliphatic heterocycles. The van der Waals surface area contributed by atoms with Crippen LogP contribution >= 0.6 is 0 Å². The Hall–Kier alpha value is -3.88. The summed E-state index contributed by atoms with van der Waals surface area (Å²) in [6.07, 6.45) is 3.57. The van der Waals surface area contributed by atoms with E-state index in [-0.39, 0.29) is 11.3 Å². The summed E-state index contributed by atoms with van der Waals surface area (Å²) in [7, 11) is 0. The van der Waals surface area contributed by atoms with Crippen LogP contribution in [0.4, 0.5) is 11.4 Å². The Bertz CT molecular complexity index is 1590. The van der Waals surface area contributed by atoms with E-state index in [0.29, 0.717) is 25.2 Å². The summed E-state index contributed by atoms with van der Waals surface area (Å²) in [4.78, 5) is 28.5. The number of rotatable bonds is 9. The van der Waals surface area contributed by atoms with Crippen molar-refractivity contribution in [2.45, 2.75) is 71.4 Å². The zero-order valence-electron chi connectivity index (χ0n) is 28.2. The number of hydrogen-bond donors (Lipinski definition) is 2. The summed E-state index contributed by atoms with van der Waals surface area (Å²) in [6, 6.07) is 23.8. The zero-order valence-corrected chi connectivity index (χ0v) is 28.2. The number of nitrogens with zero attached hydrogens (tertiary/aromatic N) is 4. The lowest BCUT2D eigenvalue weighted by atomic mass is 9.87. The number of aromatic amines is 1. The highest BCUT2D eigenvalue weighted by atomic mass is 16.5. The van der Waals surface area contributed by atoms with Crippen LogP contribution in [0.15, 0.2) is 66.7 Å². The molecule has 6 rings (SSSR count). The molecule has 2 fully saturated rings. The molecule has 2 aliphatic rings. The van der Waals surface area contributed by atoms with E-state index in [1.54, 1.807) is 0 Å². The summed E-state index contributed by atoms with van der Waals surface area (Å²) < 4.78 is 6.07. The van der Waals surface area contributed by atoms with Gasteiger partial charge in [-0.2, -0.15) is 0 Å². The molecule has 244 valence electrons. The molecule has 0 aliphatic carbocycles. The van der Waals surface area contributed by atoms with Gasteiger partial charge >= 0.3 is 0 Å². The minimum Gasteiger partial charge on any atom is -0.492 e. The van der Waals surface area contributed by atoms with Crippen molar-refractivity contribution >= 4 is 28.3 Å². The highest BCUT2D eigenvalue weighted by molar-refractivity contribution is 5.92. The molecular weight excluding hydrogens is 572 g/mol. The number of piperidine rings is 1. The minimum absolute atomic E-state index is 0.0447. The number of amides is 1. The molecule has 4 aromatic rings. The monoisotopic (exact) mass is 622 g/mol. The number of aromatic nitrogens is 2. The van der Waals surface area contributed by atoms with E-state index in [0.717, 1.165) is 79.4 Å². The molecule has 0 spiro atoms. The van der Waals surface area contributed by atoms with Crippen molar-refractivity contribution in [1.29, 1.82) is 0 Å². The number of anilines is 2. The Labute approximate surface area is 274 Å². The zero-order chi connectivity index (χ0) is 32.3. The first-order chi connectivity index (χ1) is 22.1. The predicted octanol–water partition coefficient (Wildman–Crippen LogP) is 6.93. The van der Waals surface area contributed by atoms with Crippen LogP contribution in [0.3, 0.4) is 0 Å². The molecule has 1 aromatic heterocycles. The van der Waals surface area contributed by atoms with E-state index in [1.165, 1.54) is 17.7 Å². The maximum Gasteiger partial charge on any atom is 0.238 e. The van der Waals surface area contributed by atoms with E-state index in [1.807, 2.05) is 24.3 Å². The van der Waals surface area contributed by atoms with E-state index < -0.39 is 0 Å². The van der Waals surface area contributed by atoms with Crippen LogP contribution in [0.25, 0.3) is 22.4 Å². The molecule has 2 N–H and O–H groups in total. The second-order valence-electron chi connectivity index (χ2n) is 14.1. The molecule has 8 nitrogen and oxygen atoms in total. The molecule has 8 heteroatoms. The first-order valence-electron chi connectivity index (χ1n) is 17.0. The molecule has 0 saturated carbocycles. The highest BCUT2D eigenvalue weighted by Gasteiger charge is 2.26. The van der Waals surface area contributed by atoms with Gasteiger partial charge < -0.3 is 19.9 Å². The lowest BCUT2D eigenvalue weighted by molar-refractivity contribution is -0.118. The summed E-state index contributed by atoms with van der Waals surface area (Å²) in [5.74, 6) is 1.78. The third-order valence-electron chi connectivity index (χ3n) is 9.75. The van der Waals surface area contributed by atoms with E-state index >= 15 is 0 Å². The van der Waals surface area contributed by atoms with Crippen LogP contribution in [-0.2, 0) is 10.2 Å². The molecule has 1 amide bonds. The topological polar surface area (TPSA) is 76.7 Å². The van der Waals surface area contributed by atoms with Crippen LogP contribution in [0.5, 0.6) is 5.75 Å². The van der Waals surface area contributed by atoms with Gasteiger partial charge in [-0.1, -0.05) is 57.5 Å². The fourth-order valence-corrected chi connectivity index (χ4v) is 6.83. The van der Waals surface area contributed by atoms with Gasteiger partial charge in [-0.3, -0.25) is 14.6 Å². The fraction of sp³-hybridized carbons (Fsp3) is 0.474. The Balaban J connectivity index is 0.967. The smallest absolute Gasteiger partial charge is 0.238 e.